The van der Waals surface area contributed by atoms with Crippen LogP contribution in [-0.2, 0) is 16.0 Å². The predicted molar refractivity (Wildman–Crippen MR) is 79.8 cm³/mol. The molecule has 0 saturated carbocycles. The summed E-state index contributed by atoms with van der Waals surface area (Å²) in [4.78, 5) is 11.5. The van der Waals surface area contributed by atoms with Gasteiger partial charge < -0.3 is 15.2 Å². The lowest BCUT2D eigenvalue weighted by Crippen LogP contribution is -2.27. The number of benzene rings is 1. The topological polar surface area (TPSA) is 58.6 Å². The highest BCUT2D eigenvalue weighted by Crippen LogP contribution is 2.11. The van der Waals surface area contributed by atoms with Gasteiger partial charge in [0, 0.05) is 6.54 Å². The van der Waals surface area contributed by atoms with Gasteiger partial charge in [-0.15, -0.1) is 0 Å². The first-order valence-corrected chi connectivity index (χ1v) is 7.07. The summed E-state index contributed by atoms with van der Waals surface area (Å²) in [5.74, 6) is 0.132. The summed E-state index contributed by atoms with van der Waals surface area (Å²) in [7, 11) is 0. The summed E-state index contributed by atoms with van der Waals surface area (Å²) < 4.78 is 5.22. The van der Waals surface area contributed by atoms with Crippen molar-refractivity contribution in [2.75, 3.05) is 13.1 Å². The fourth-order valence-corrected chi connectivity index (χ4v) is 1.79. The third kappa shape index (κ3) is 7.79. The number of rotatable bonds is 7. The van der Waals surface area contributed by atoms with E-state index in [1.54, 1.807) is 12.1 Å². The molecule has 0 unspecified atom stereocenters. The van der Waals surface area contributed by atoms with Gasteiger partial charge in [-0.1, -0.05) is 12.1 Å². The molecular formula is C16H25NO3. The van der Waals surface area contributed by atoms with Crippen molar-refractivity contribution in [1.82, 2.24) is 5.32 Å². The average Bonchev–Trinajstić information content (AvgIpc) is 2.33. The molecule has 2 N–H and O–H groups in total. The first kappa shape index (κ1) is 16.5. The van der Waals surface area contributed by atoms with Crippen LogP contribution < -0.4 is 5.32 Å². The quantitative estimate of drug-likeness (QED) is 0.595. The van der Waals surface area contributed by atoms with Crippen LogP contribution in [0.4, 0.5) is 0 Å². The lowest BCUT2D eigenvalue weighted by molar-refractivity contribution is -0.154. The van der Waals surface area contributed by atoms with Crippen molar-refractivity contribution in [3.8, 4) is 5.75 Å². The summed E-state index contributed by atoms with van der Waals surface area (Å²) >= 11 is 0. The van der Waals surface area contributed by atoms with Crippen LogP contribution in [0.3, 0.4) is 0 Å². The molecule has 1 aromatic rings. The Morgan fingerprint density at radius 3 is 2.45 bits per heavy atom. The molecule has 0 aliphatic carbocycles. The fourth-order valence-electron chi connectivity index (χ4n) is 1.79. The van der Waals surface area contributed by atoms with E-state index >= 15 is 0 Å². The number of esters is 1. The van der Waals surface area contributed by atoms with Crippen molar-refractivity contribution in [1.29, 1.82) is 0 Å². The minimum atomic E-state index is -0.407. The summed E-state index contributed by atoms with van der Waals surface area (Å²) in [5.41, 5.74) is 0.799. The molecule has 0 amide bonds. The molecule has 0 heterocycles. The molecule has 20 heavy (non-hydrogen) atoms. The maximum absolute atomic E-state index is 11.5. The van der Waals surface area contributed by atoms with E-state index in [4.69, 9.17) is 4.74 Å². The largest absolute Gasteiger partial charge is 0.508 e. The monoisotopic (exact) mass is 279 g/mol. The van der Waals surface area contributed by atoms with Gasteiger partial charge in [-0.3, -0.25) is 4.79 Å². The van der Waals surface area contributed by atoms with Crippen molar-refractivity contribution < 1.29 is 14.6 Å². The highest BCUT2D eigenvalue weighted by atomic mass is 16.6. The molecule has 4 heteroatoms. The Bertz CT molecular complexity index is 407. The molecule has 0 radical (unpaired) electrons. The first-order valence-electron chi connectivity index (χ1n) is 7.07. The van der Waals surface area contributed by atoms with Crippen molar-refractivity contribution >= 4 is 5.97 Å². The van der Waals surface area contributed by atoms with E-state index < -0.39 is 5.60 Å². The van der Waals surface area contributed by atoms with Crippen LogP contribution in [-0.4, -0.2) is 29.8 Å². The molecule has 0 spiro atoms. The Kier molecular flexibility index (Phi) is 6.52. The van der Waals surface area contributed by atoms with E-state index in [2.05, 4.69) is 5.32 Å². The smallest absolute Gasteiger partial charge is 0.307 e. The van der Waals surface area contributed by atoms with E-state index in [0.717, 1.165) is 19.4 Å². The SMILES string of the molecule is CC(C)(C)OC(=O)CCNCCCc1ccc(O)cc1. The minimum absolute atomic E-state index is 0.163. The Balaban J connectivity index is 2.05. The van der Waals surface area contributed by atoms with Crippen LogP contribution >= 0.6 is 0 Å². The van der Waals surface area contributed by atoms with Gasteiger partial charge in [-0.25, -0.2) is 0 Å². The molecule has 0 bridgehead atoms. The lowest BCUT2D eigenvalue weighted by atomic mass is 10.1. The Labute approximate surface area is 121 Å². The third-order valence-corrected chi connectivity index (χ3v) is 2.68. The number of aromatic hydroxyl groups is 1. The summed E-state index contributed by atoms with van der Waals surface area (Å²) in [6.07, 6.45) is 2.36. The molecular weight excluding hydrogens is 254 g/mol. The van der Waals surface area contributed by atoms with E-state index in [1.165, 1.54) is 5.56 Å². The second kappa shape index (κ2) is 7.90. The molecule has 1 aromatic carbocycles. The molecule has 1 rings (SSSR count). The second-order valence-electron chi connectivity index (χ2n) is 5.86. The number of phenols is 1. The Hall–Kier alpha value is -1.55. The minimum Gasteiger partial charge on any atom is -0.508 e. The number of phenolic OH excluding ortho intramolecular Hbond substituents is 1. The zero-order chi connectivity index (χ0) is 15.0. The maximum atomic E-state index is 11.5. The van der Waals surface area contributed by atoms with Crippen LogP contribution in [0.1, 0.15) is 39.2 Å². The first-order chi connectivity index (χ1) is 9.37. The fraction of sp³-hybridized carbons (Fsp3) is 0.562. The van der Waals surface area contributed by atoms with Gasteiger partial charge in [0.25, 0.3) is 0 Å². The third-order valence-electron chi connectivity index (χ3n) is 2.68. The normalized spacial score (nSPS) is 11.3. The van der Waals surface area contributed by atoms with Gasteiger partial charge in [0.05, 0.1) is 6.42 Å². The van der Waals surface area contributed by atoms with Crippen molar-refractivity contribution in [2.45, 2.75) is 45.6 Å². The summed E-state index contributed by atoms with van der Waals surface area (Å²) in [6.45, 7) is 7.12. The molecule has 4 nitrogen and oxygen atoms in total. The van der Waals surface area contributed by atoms with Crippen LogP contribution in [0.2, 0.25) is 0 Å². The molecule has 0 aliphatic rings. The van der Waals surface area contributed by atoms with E-state index in [9.17, 15) is 9.90 Å². The second-order valence-corrected chi connectivity index (χ2v) is 5.86. The number of carbonyl (C=O) groups is 1. The van der Waals surface area contributed by atoms with Gasteiger partial charge in [0.1, 0.15) is 11.4 Å². The number of carbonyl (C=O) groups excluding carboxylic acids is 1. The maximum Gasteiger partial charge on any atom is 0.307 e. The van der Waals surface area contributed by atoms with E-state index in [-0.39, 0.29) is 5.97 Å². The van der Waals surface area contributed by atoms with Crippen LogP contribution in [0.15, 0.2) is 24.3 Å². The molecule has 0 saturated heterocycles. The van der Waals surface area contributed by atoms with E-state index in [0.29, 0.717) is 18.7 Å². The zero-order valence-electron chi connectivity index (χ0n) is 12.6. The summed E-state index contributed by atoms with van der Waals surface area (Å²) in [6, 6.07) is 7.25. The number of nitrogens with one attached hydrogen (secondary N) is 1. The molecule has 0 atom stereocenters. The lowest BCUT2D eigenvalue weighted by Gasteiger charge is -2.19. The van der Waals surface area contributed by atoms with Crippen LogP contribution in [0, 0.1) is 0 Å². The van der Waals surface area contributed by atoms with Crippen LogP contribution in [0.5, 0.6) is 5.75 Å². The van der Waals surface area contributed by atoms with Crippen molar-refractivity contribution in [2.24, 2.45) is 0 Å². The summed E-state index contributed by atoms with van der Waals surface area (Å²) in [5, 5.41) is 12.4. The number of aryl methyl sites for hydroxylation is 1. The van der Waals surface area contributed by atoms with Crippen molar-refractivity contribution in [3.63, 3.8) is 0 Å². The number of hydrogen-bond donors (Lipinski definition) is 2. The molecule has 0 aromatic heterocycles. The number of hydrogen-bond acceptors (Lipinski definition) is 4. The van der Waals surface area contributed by atoms with Gasteiger partial charge in [-0.05, 0) is 57.9 Å². The van der Waals surface area contributed by atoms with Gasteiger partial charge in [-0.2, -0.15) is 0 Å². The van der Waals surface area contributed by atoms with Gasteiger partial charge in [0.2, 0.25) is 0 Å². The standard InChI is InChI=1S/C16H25NO3/c1-16(2,3)20-15(19)10-12-17-11-4-5-13-6-8-14(18)9-7-13/h6-9,17-18H,4-5,10-12H2,1-3H3. The predicted octanol–water partition coefficient (Wildman–Crippen LogP) is 2.65. The van der Waals surface area contributed by atoms with Gasteiger partial charge >= 0.3 is 5.97 Å². The Morgan fingerprint density at radius 2 is 1.85 bits per heavy atom. The van der Waals surface area contributed by atoms with Crippen LogP contribution in [0.25, 0.3) is 0 Å². The highest BCUT2D eigenvalue weighted by Gasteiger charge is 2.15. The molecule has 0 aliphatic heterocycles. The zero-order valence-corrected chi connectivity index (χ0v) is 12.6. The highest BCUT2D eigenvalue weighted by molar-refractivity contribution is 5.70. The average molecular weight is 279 g/mol. The Morgan fingerprint density at radius 1 is 1.20 bits per heavy atom. The molecule has 0 fully saturated rings. The van der Waals surface area contributed by atoms with Gasteiger partial charge in [0.15, 0.2) is 0 Å². The van der Waals surface area contributed by atoms with Crippen molar-refractivity contribution in [3.05, 3.63) is 29.8 Å². The number of ether oxygens (including phenoxy) is 1. The molecule has 112 valence electrons. The van der Waals surface area contributed by atoms with E-state index in [1.807, 2.05) is 32.9 Å².